The second-order valence-electron chi connectivity index (χ2n) is 9.37. The minimum absolute atomic E-state index is 0.0252. The first kappa shape index (κ1) is 25.6. The zero-order valence-corrected chi connectivity index (χ0v) is 21.7. The van der Waals surface area contributed by atoms with E-state index >= 15 is 0 Å². The number of carbonyl (C=O) groups excluding carboxylic acids is 1. The molecule has 4 aromatic rings. The van der Waals surface area contributed by atoms with Gasteiger partial charge in [0.1, 0.15) is 16.2 Å². The fourth-order valence-corrected chi connectivity index (χ4v) is 5.99. The zero-order valence-electron chi connectivity index (χ0n) is 20.9. The number of ether oxygens (including phenoxy) is 1. The van der Waals surface area contributed by atoms with Crippen molar-refractivity contribution in [3.05, 3.63) is 90.3 Å². The number of piperidine rings is 1. The van der Waals surface area contributed by atoms with Crippen molar-refractivity contribution in [3.8, 4) is 5.75 Å². The molecule has 0 aliphatic carbocycles. The van der Waals surface area contributed by atoms with E-state index in [0.717, 1.165) is 11.3 Å². The largest absolute Gasteiger partial charge is 0.496 e. The van der Waals surface area contributed by atoms with Crippen molar-refractivity contribution in [2.75, 3.05) is 24.9 Å². The summed E-state index contributed by atoms with van der Waals surface area (Å²) in [5.41, 5.74) is 1.55. The molecule has 0 spiro atoms. The smallest absolute Gasteiger partial charge is 0.264 e. The second-order valence-corrected chi connectivity index (χ2v) is 11.0. The molecule has 1 aromatic heterocycles. The number of rotatable bonds is 7. The van der Waals surface area contributed by atoms with Gasteiger partial charge in [0, 0.05) is 43.2 Å². The van der Waals surface area contributed by atoms with Gasteiger partial charge in [0.05, 0.1) is 18.2 Å². The zero-order chi connectivity index (χ0) is 26.8. The maximum atomic E-state index is 13.1. The minimum Gasteiger partial charge on any atom is -0.496 e. The highest BCUT2D eigenvalue weighted by atomic mass is 32.2. The molecular weight excluding hydrogens is 504 g/mol. The van der Waals surface area contributed by atoms with Crippen LogP contribution in [0, 0.1) is 0 Å². The summed E-state index contributed by atoms with van der Waals surface area (Å²) in [6.45, 7) is 0.835. The Morgan fingerprint density at radius 3 is 2.45 bits per heavy atom. The number of para-hydroxylation sites is 2. The van der Waals surface area contributed by atoms with Crippen molar-refractivity contribution in [2.45, 2.75) is 29.8 Å². The van der Waals surface area contributed by atoms with E-state index in [0.29, 0.717) is 49.1 Å². The number of amides is 1. The molecule has 1 amide bonds. The van der Waals surface area contributed by atoms with Crippen LogP contribution in [0.5, 0.6) is 5.75 Å². The SMILES string of the molecule is COc1ccccc1CC1(O)CCN(C(=O)c2ccc(NS(=O)(=O)c3cccc4nccnc34)cc2)CC1. The third kappa shape index (κ3) is 5.32. The number of nitrogens with one attached hydrogen (secondary N) is 1. The van der Waals surface area contributed by atoms with Gasteiger partial charge in [-0.3, -0.25) is 19.5 Å². The molecule has 1 aliphatic heterocycles. The summed E-state index contributed by atoms with van der Waals surface area (Å²) in [5.74, 6) is 0.576. The predicted molar refractivity (Wildman–Crippen MR) is 144 cm³/mol. The van der Waals surface area contributed by atoms with Crippen molar-refractivity contribution in [1.82, 2.24) is 14.9 Å². The Bertz CT molecular complexity index is 1560. The standard InChI is InChI=1S/C28H28N4O5S/c1-37-24-7-3-2-5-21(24)19-28(34)13-17-32(18-14-28)27(33)20-9-11-22(12-10-20)31-38(35,36)25-8-4-6-23-26(25)30-16-15-29-23/h2-12,15-16,31,34H,13-14,17-19H2,1H3. The molecule has 5 rings (SSSR count). The monoisotopic (exact) mass is 532 g/mol. The van der Waals surface area contributed by atoms with E-state index < -0.39 is 15.6 Å². The van der Waals surface area contributed by atoms with Crippen LogP contribution in [0.3, 0.4) is 0 Å². The molecule has 0 bridgehead atoms. The van der Waals surface area contributed by atoms with Crippen LogP contribution in [-0.4, -0.2) is 60.1 Å². The Kier molecular flexibility index (Phi) is 7.00. The fraction of sp³-hybridized carbons (Fsp3) is 0.250. The fourth-order valence-electron chi connectivity index (χ4n) is 4.76. The molecule has 1 aliphatic rings. The number of aromatic nitrogens is 2. The highest BCUT2D eigenvalue weighted by Crippen LogP contribution is 2.31. The number of fused-ring (bicyclic) bond motifs is 1. The van der Waals surface area contributed by atoms with Crippen molar-refractivity contribution in [2.24, 2.45) is 0 Å². The molecule has 2 N–H and O–H groups in total. The van der Waals surface area contributed by atoms with E-state index in [1.165, 1.54) is 18.5 Å². The average molecular weight is 533 g/mol. The van der Waals surface area contributed by atoms with Gasteiger partial charge in [-0.05, 0) is 60.9 Å². The maximum Gasteiger partial charge on any atom is 0.264 e. The lowest BCUT2D eigenvalue weighted by atomic mass is 9.85. The number of aliphatic hydroxyl groups is 1. The van der Waals surface area contributed by atoms with Crippen LogP contribution < -0.4 is 9.46 Å². The third-order valence-electron chi connectivity index (χ3n) is 6.83. The van der Waals surface area contributed by atoms with Gasteiger partial charge in [0.25, 0.3) is 15.9 Å². The number of nitrogens with zero attached hydrogens (tertiary/aromatic N) is 3. The van der Waals surface area contributed by atoms with E-state index in [1.54, 1.807) is 48.4 Å². The van der Waals surface area contributed by atoms with E-state index in [1.807, 2.05) is 24.3 Å². The first-order valence-corrected chi connectivity index (χ1v) is 13.7. The lowest BCUT2D eigenvalue weighted by Gasteiger charge is -2.38. The Labute approximate surface area is 221 Å². The van der Waals surface area contributed by atoms with E-state index in [2.05, 4.69) is 14.7 Å². The molecule has 0 saturated carbocycles. The van der Waals surface area contributed by atoms with Gasteiger partial charge < -0.3 is 14.7 Å². The van der Waals surface area contributed by atoms with Crippen LogP contribution in [0.2, 0.25) is 0 Å². The molecule has 1 saturated heterocycles. The van der Waals surface area contributed by atoms with Crippen LogP contribution in [-0.2, 0) is 16.4 Å². The second kappa shape index (κ2) is 10.4. The molecule has 38 heavy (non-hydrogen) atoms. The van der Waals surface area contributed by atoms with Crippen molar-refractivity contribution in [3.63, 3.8) is 0 Å². The van der Waals surface area contributed by atoms with Gasteiger partial charge in [-0.1, -0.05) is 24.3 Å². The quantitative estimate of drug-likeness (QED) is 0.373. The molecule has 196 valence electrons. The molecule has 0 unspecified atom stereocenters. The first-order chi connectivity index (χ1) is 18.3. The van der Waals surface area contributed by atoms with E-state index in [-0.39, 0.29) is 16.3 Å². The number of likely N-dealkylation sites (tertiary alicyclic amines) is 1. The molecule has 1 fully saturated rings. The van der Waals surface area contributed by atoms with Crippen molar-refractivity contribution < 1.29 is 23.1 Å². The lowest BCUT2D eigenvalue weighted by Crippen LogP contribution is -2.47. The van der Waals surface area contributed by atoms with Gasteiger partial charge in [0.15, 0.2) is 0 Å². The average Bonchev–Trinajstić information content (AvgIpc) is 2.93. The summed E-state index contributed by atoms with van der Waals surface area (Å²) in [6, 6.07) is 18.7. The summed E-state index contributed by atoms with van der Waals surface area (Å²) in [6.07, 6.45) is 4.30. The number of carbonyl (C=O) groups is 1. The topological polar surface area (TPSA) is 122 Å². The van der Waals surface area contributed by atoms with Gasteiger partial charge in [-0.15, -0.1) is 0 Å². The normalized spacial score (nSPS) is 15.3. The number of methoxy groups -OCH3 is 1. The maximum absolute atomic E-state index is 13.1. The summed E-state index contributed by atoms with van der Waals surface area (Å²) >= 11 is 0. The van der Waals surface area contributed by atoms with Crippen molar-refractivity contribution >= 4 is 32.7 Å². The van der Waals surface area contributed by atoms with Crippen LogP contribution in [0.15, 0.2) is 84.0 Å². The molecule has 3 aromatic carbocycles. The summed E-state index contributed by atoms with van der Waals surface area (Å²) < 4.78 is 34.0. The number of anilines is 1. The molecule has 0 atom stereocenters. The van der Waals surface area contributed by atoms with E-state index in [9.17, 15) is 18.3 Å². The first-order valence-electron chi connectivity index (χ1n) is 12.2. The Hall–Kier alpha value is -4.02. The molecular formula is C28H28N4O5S. The minimum atomic E-state index is -3.92. The van der Waals surface area contributed by atoms with Crippen LogP contribution in [0.1, 0.15) is 28.8 Å². The number of hydrogen-bond acceptors (Lipinski definition) is 7. The predicted octanol–water partition coefficient (Wildman–Crippen LogP) is 3.65. The number of hydrogen-bond donors (Lipinski definition) is 2. The Morgan fingerprint density at radius 1 is 1.00 bits per heavy atom. The molecule has 2 heterocycles. The summed E-state index contributed by atoms with van der Waals surface area (Å²) in [7, 11) is -2.31. The van der Waals surface area contributed by atoms with Gasteiger partial charge in [0.2, 0.25) is 0 Å². The lowest BCUT2D eigenvalue weighted by molar-refractivity contribution is -0.0165. The van der Waals surface area contributed by atoms with Gasteiger partial charge in [-0.2, -0.15) is 0 Å². The molecule has 0 radical (unpaired) electrons. The molecule has 9 nitrogen and oxygen atoms in total. The van der Waals surface area contributed by atoms with Crippen LogP contribution in [0.4, 0.5) is 5.69 Å². The number of benzene rings is 3. The Morgan fingerprint density at radius 2 is 1.71 bits per heavy atom. The Balaban J connectivity index is 1.23. The van der Waals surface area contributed by atoms with Gasteiger partial charge >= 0.3 is 0 Å². The molecule has 10 heteroatoms. The third-order valence-corrected chi connectivity index (χ3v) is 8.24. The highest BCUT2D eigenvalue weighted by molar-refractivity contribution is 7.93. The van der Waals surface area contributed by atoms with Gasteiger partial charge in [-0.25, -0.2) is 8.42 Å². The number of sulfonamides is 1. The highest BCUT2D eigenvalue weighted by Gasteiger charge is 2.35. The summed E-state index contributed by atoms with van der Waals surface area (Å²) in [4.78, 5) is 23.2. The van der Waals surface area contributed by atoms with Crippen LogP contribution in [0.25, 0.3) is 11.0 Å². The summed E-state index contributed by atoms with van der Waals surface area (Å²) in [5, 5.41) is 11.2. The van der Waals surface area contributed by atoms with Crippen molar-refractivity contribution in [1.29, 1.82) is 0 Å². The van der Waals surface area contributed by atoms with Crippen LogP contribution >= 0.6 is 0 Å². The van der Waals surface area contributed by atoms with E-state index in [4.69, 9.17) is 4.74 Å².